The number of rotatable bonds is 4. The second-order valence-electron chi connectivity index (χ2n) is 5.03. The Balaban J connectivity index is 1.94. The molecule has 0 radical (unpaired) electrons. The van der Waals surface area contributed by atoms with Crippen molar-refractivity contribution in [1.29, 1.82) is 0 Å². The zero-order valence-electron chi connectivity index (χ0n) is 11.2. The van der Waals surface area contributed by atoms with Crippen molar-refractivity contribution in [2.75, 3.05) is 11.9 Å². The summed E-state index contributed by atoms with van der Waals surface area (Å²) >= 11 is 1.73. The molecule has 1 aliphatic carbocycles. The van der Waals surface area contributed by atoms with Gasteiger partial charge in [-0.25, -0.2) is 4.98 Å². The van der Waals surface area contributed by atoms with E-state index in [4.69, 9.17) is 10.7 Å². The van der Waals surface area contributed by atoms with Crippen LogP contribution >= 0.6 is 11.3 Å². The van der Waals surface area contributed by atoms with Crippen molar-refractivity contribution < 1.29 is 0 Å². The zero-order chi connectivity index (χ0) is 13.2. The highest BCUT2D eigenvalue weighted by atomic mass is 32.1. The Kier molecular flexibility index (Phi) is 3.53. The van der Waals surface area contributed by atoms with E-state index in [0.29, 0.717) is 12.6 Å². The molecular weight excluding hydrogens is 254 g/mol. The van der Waals surface area contributed by atoms with Gasteiger partial charge in [-0.3, -0.25) is 0 Å². The fourth-order valence-corrected chi connectivity index (χ4v) is 3.37. The van der Waals surface area contributed by atoms with E-state index in [0.717, 1.165) is 16.4 Å². The van der Waals surface area contributed by atoms with Crippen molar-refractivity contribution in [1.82, 2.24) is 4.98 Å². The smallest absolute Gasteiger partial charge is 0.186 e. The normalized spacial score (nSPS) is 15.3. The highest BCUT2D eigenvalue weighted by Crippen LogP contribution is 2.36. The molecule has 19 heavy (non-hydrogen) atoms. The minimum Gasteiger partial charge on any atom is -0.348 e. The number of aromatic nitrogens is 1. The van der Waals surface area contributed by atoms with Gasteiger partial charge in [0.25, 0.3) is 0 Å². The van der Waals surface area contributed by atoms with Gasteiger partial charge in [0.1, 0.15) is 0 Å². The summed E-state index contributed by atoms with van der Waals surface area (Å²) in [7, 11) is 2.15. The molecule has 0 spiro atoms. The average molecular weight is 273 g/mol. The average Bonchev–Trinajstić information content (AvgIpc) is 2.82. The van der Waals surface area contributed by atoms with Crippen LogP contribution in [0.2, 0.25) is 0 Å². The van der Waals surface area contributed by atoms with Gasteiger partial charge < -0.3 is 10.6 Å². The van der Waals surface area contributed by atoms with Gasteiger partial charge in [-0.15, -0.1) is 0 Å². The molecule has 2 N–H and O–H groups in total. The summed E-state index contributed by atoms with van der Waals surface area (Å²) in [5, 5.41) is 1.10. The molecule has 1 fully saturated rings. The maximum absolute atomic E-state index is 5.88. The van der Waals surface area contributed by atoms with Crippen LogP contribution in [0.25, 0.3) is 11.3 Å². The molecule has 0 amide bonds. The molecule has 0 atom stereocenters. The number of nitrogens with two attached hydrogens (primary N) is 1. The molecule has 1 saturated carbocycles. The molecule has 100 valence electrons. The Morgan fingerprint density at radius 1 is 1.32 bits per heavy atom. The van der Waals surface area contributed by atoms with Crippen molar-refractivity contribution in [2.24, 2.45) is 5.73 Å². The first-order valence-corrected chi connectivity index (χ1v) is 7.59. The molecule has 0 bridgehead atoms. The fourth-order valence-electron chi connectivity index (χ4n) is 2.38. The molecule has 3 nitrogen and oxygen atoms in total. The monoisotopic (exact) mass is 273 g/mol. The molecule has 1 heterocycles. The Morgan fingerprint density at radius 3 is 2.63 bits per heavy atom. The number of benzene rings is 1. The number of hydrogen-bond acceptors (Lipinski definition) is 4. The van der Waals surface area contributed by atoms with Crippen LogP contribution in [0.5, 0.6) is 0 Å². The summed E-state index contributed by atoms with van der Waals surface area (Å²) in [5.41, 5.74) is 8.09. The van der Waals surface area contributed by atoms with Crippen molar-refractivity contribution >= 4 is 16.5 Å². The highest BCUT2D eigenvalue weighted by Gasteiger charge is 2.25. The van der Waals surface area contributed by atoms with Crippen molar-refractivity contribution in [2.45, 2.75) is 31.8 Å². The summed E-state index contributed by atoms with van der Waals surface area (Å²) in [5.74, 6) is 0. The molecule has 0 saturated heterocycles. The van der Waals surface area contributed by atoms with Crippen molar-refractivity contribution in [3.05, 3.63) is 35.2 Å². The molecule has 0 unspecified atom stereocenters. The van der Waals surface area contributed by atoms with Gasteiger partial charge in [0, 0.05) is 30.1 Å². The summed E-state index contributed by atoms with van der Waals surface area (Å²) in [6, 6.07) is 11.0. The second-order valence-corrected chi connectivity index (χ2v) is 6.10. The van der Waals surface area contributed by atoms with Gasteiger partial charge in [-0.05, 0) is 19.3 Å². The molecule has 1 aromatic heterocycles. The lowest BCUT2D eigenvalue weighted by Gasteiger charge is -2.34. The molecule has 1 aliphatic rings. The van der Waals surface area contributed by atoms with Gasteiger partial charge in [0.05, 0.1) is 5.69 Å². The molecular formula is C15H19N3S. The number of thiazole rings is 1. The Hall–Kier alpha value is -1.39. The Bertz CT molecular complexity index is 546. The van der Waals surface area contributed by atoms with Crippen LogP contribution in [0.3, 0.4) is 0 Å². The van der Waals surface area contributed by atoms with E-state index < -0.39 is 0 Å². The zero-order valence-corrected chi connectivity index (χ0v) is 12.0. The minimum atomic E-state index is 0.556. The Labute approximate surface area is 118 Å². The summed E-state index contributed by atoms with van der Waals surface area (Å²) in [6.45, 7) is 0.556. The summed E-state index contributed by atoms with van der Waals surface area (Å²) < 4.78 is 0. The maximum atomic E-state index is 5.88. The predicted molar refractivity (Wildman–Crippen MR) is 81.5 cm³/mol. The quantitative estimate of drug-likeness (QED) is 0.929. The molecule has 3 rings (SSSR count). The van der Waals surface area contributed by atoms with Gasteiger partial charge in [0.15, 0.2) is 5.13 Å². The largest absolute Gasteiger partial charge is 0.348 e. The fraction of sp³-hybridized carbons (Fsp3) is 0.400. The first-order valence-electron chi connectivity index (χ1n) is 6.77. The third-order valence-corrected chi connectivity index (χ3v) is 5.01. The van der Waals surface area contributed by atoms with Crippen LogP contribution in [-0.4, -0.2) is 18.1 Å². The lowest BCUT2D eigenvalue weighted by atomic mass is 9.92. The van der Waals surface area contributed by atoms with Crippen LogP contribution < -0.4 is 10.6 Å². The van der Waals surface area contributed by atoms with Crippen molar-refractivity contribution in [3.8, 4) is 11.3 Å². The summed E-state index contributed by atoms with van der Waals surface area (Å²) in [6.07, 6.45) is 3.92. The van der Waals surface area contributed by atoms with E-state index >= 15 is 0 Å². The summed E-state index contributed by atoms with van der Waals surface area (Å²) in [4.78, 5) is 8.31. The molecule has 2 aromatic rings. The van der Waals surface area contributed by atoms with E-state index in [1.165, 1.54) is 24.1 Å². The third-order valence-electron chi connectivity index (χ3n) is 3.84. The molecule has 1 aromatic carbocycles. The maximum Gasteiger partial charge on any atom is 0.186 e. The van der Waals surface area contributed by atoms with Gasteiger partial charge in [-0.2, -0.15) is 0 Å². The van der Waals surface area contributed by atoms with E-state index in [9.17, 15) is 0 Å². The highest BCUT2D eigenvalue weighted by molar-refractivity contribution is 7.16. The topological polar surface area (TPSA) is 42.2 Å². The first-order chi connectivity index (χ1) is 9.29. The van der Waals surface area contributed by atoms with E-state index in [1.54, 1.807) is 11.3 Å². The SMILES string of the molecule is CN(c1nc(-c2ccccc2)c(CN)s1)C1CCC1. The standard InChI is InChI=1S/C15H19N3S/c1-18(12-8-5-9-12)15-17-14(13(10-16)19-15)11-6-3-2-4-7-11/h2-4,6-7,12H,5,8-10,16H2,1H3. The molecule has 4 heteroatoms. The van der Waals surface area contributed by atoms with Gasteiger partial charge in [0.2, 0.25) is 0 Å². The van der Waals surface area contributed by atoms with Gasteiger partial charge in [-0.1, -0.05) is 41.7 Å². The molecule has 0 aliphatic heterocycles. The van der Waals surface area contributed by atoms with E-state index in [-0.39, 0.29) is 0 Å². The predicted octanol–water partition coefficient (Wildman–Crippen LogP) is 3.26. The van der Waals surface area contributed by atoms with E-state index in [2.05, 4.69) is 24.1 Å². The Morgan fingerprint density at radius 2 is 2.05 bits per heavy atom. The number of hydrogen-bond donors (Lipinski definition) is 1. The van der Waals surface area contributed by atoms with Crippen LogP contribution in [0.15, 0.2) is 30.3 Å². The second kappa shape index (κ2) is 5.31. The van der Waals surface area contributed by atoms with Gasteiger partial charge >= 0.3 is 0 Å². The van der Waals surface area contributed by atoms with Crippen molar-refractivity contribution in [3.63, 3.8) is 0 Å². The van der Waals surface area contributed by atoms with E-state index in [1.807, 2.05) is 18.2 Å². The first kappa shape index (κ1) is 12.6. The lowest BCUT2D eigenvalue weighted by Crippen LogP contribution is -2.36. The van der Waals surface area contributed by atoms with Crippen LogP contribution in [0.4, 0.5) is 5.13 Å². The van der Waals surface area contributed by atoms with Crippen LogP contribution in [0.1, 0.15) is 24.1 Å². The number of anilines is 1. The minimum absolute atomic E-state index is 0.556. The lowest BCUT2D eigenvalue weighted by molar-refractivity contribution is 0.401. The number of nitrogens with zero attached hydrogens (tertiary/aromatic N) is 2. The van der Waals surface area contributed by atoms with Crippen LogP contribution in [-0.2, 0) is 6.54 Å². The third kappa shape index (κ3) is 2.38. The van der Waals surface area contributed by atoms with Crippen LogP contribution in [0, 0.1) is 0 Å².